The lowest BCUT2D eigenvalue weighted by Crippen LogP contribution is -2.27. The van der Waals surface area contributed by atoms with E-state index in [2.05, 4.69) is 71.8 Å². The lowest BCUT2D eigenvalue weighted by molar-refractivity contribution is 0.161. The minimum atomic E-state index is 0.339. The van der Waals surface area contributed by atoms with Crippen molar-refractivity contribution in [3.8, 4) is 0 Å². The molecule has 2 atom stereocenters. The smallest absolute Gasteiger partial charge is 0.0653 e. The van der Waals surface area contributed by atoms with Gasteiger partial charge in [0, 0.05) is 28.7 Å². The molecular weight excluding hydrogens is 344 g/mol. The number of nitrogens with one attached hydrogen (secondary N) is 2. The van der Waals surface area contributed by atoms with Crippen molar-refractivity contribution in [2.24, 2.45) is 0 Å². The van der Waals surface area contributed by atoms with Crippen LogP contribution < -0.4 is 5.32 Å². The first-order chi connectivity index (χ1) is 13.8. The first kappa shape index (κ1) is 17.7. The van der Waals surface area contributed by atoms with Gasteiger partial charge in [0.2, 0.25) is 0 Å². The van der Waals surface area contributed by atoms with Gasteiger partial charge in [-0.05, 0) is 67.0 Å². The molecule has 0 unspecified atom stereocenters. The number of benzene rings is 2. The molecule has 2 N–H and O–H groups in total. The number of fused-ring (bicyclic) bond motifs is 3. The first-order valence-electron chi connectivity index (χ1n) is 10.5. The lowest BCUT2D eigenvalue weighted by atomic mass is 9.90. The highest BCUT2D eigenvalue weighted by Crippen LogP contribution is 2.37. The zero-order valence-corrected chi connectivity index (χ0v) is 16.5. The molecule has 1 aliphatic heterocycles. The average molecular weight is 373 g/mol. The Bertz CT molecular complexity index is 1000. The second-order valence-corrected chi connectivity index (χ2v) is 8.08. The third-order valence-corrected chi connectivity index (χ3v) is 6.29. The van der Waals surface area contributed by atoms with Crippen molar-refractivity contribution in [3.05, 3.63) is 77.0 Å². The molecule has 2 heterocycles. The second-order valence-electron chi connectivity index (χ2n) is 8.08. The van der Waals surface area contributed by atoms with Gasteiger partial charge in [-0.1, -0.05) is 42.5 Å². The number of aromatic amines is 1. The molecule has 3 aromatic rings. The van der Waals surface area contributed by atoms with E-state index in [1.807, 2.05) is 0 Å². The summed E-state index contributed by atoms with van der Waals surface area (Å²) in [7, 11) is 0. The van der Waals surface area contributed by atoms with Gasteiger partial charge in [0.25, 0.3) is 0 Å². The van der Waals surface area contributed by atoms with Gasteiger partial charge >= 0.3 is 0 Å². The van der Waals surface area contributed by atoms with E-state index in [0.717, 1.165) is 19.6 Å². The van der Waals surface area contributed by atoms with Crippen molar-refractivity contribution in [3.63, 3.8) is 0 Å². The quantitative estimate of drug-likeness (QED) is 0.616. The summed E-state index contributed by atoms with van der Waals surface area (Å²) >= 11 is 0. The first-order valence-corrected chi connectivity index (χ1v) is 10.5. The Labute approximate surface area is 166 Å². The van der Waals surface area contributed by atoms with Gasteiger partial charge in [-0.2, -0.15) is 0 Å². The number of aryl methyl sites for hydroxylation is 1. The summed E-state index contributed by atoms with van der Waals surface area (Å²) in [5.74, 6) is 0. The number of aromatic nitrogens is 1. The van der Waals surface area contributed by atoms with Crippen LogP contribution in [0, 0.1) is 0 Å². The van der Waals surface area contributed by atoms with Gasteiger partial charge in [-0.15, -0.1) is 0 Å². The Balaban J connectivity index is 1.47. The topological polar surface area (TPSA) is 37.0 Å². The van der Waals surface area contributed by atoms with Crippen LogP contribution in [0.3, 0.4) is 0 Å². The Morgan fingerprint density at radius 2 is 2.00 bits per heavy atom. The molecule has 5 rings (SSSR count). The summed E-state index contributed by atoms with van der Waals surface area (Å²) < 4.78 is 5.48. The molecule has 0 bridgehead atoms. The highest BCUT2D eigenvalue weighted by molar-refractivity contribution is 5.88. The number of H-pyrrole nitrogens is 1. The van der Waals surface area contributed by atoms with Crippen molar-refractivity contribution in [1.82, 2.24) is 10.3 Å². The van der Waals surface area contributed by atoms with Crippen molar-refractivity contribution in [1.29, 1.82) is 0 Å². The van der Waals surface area contributed by atoms with Crippen LogP contribution in [0.5, 0.6) is 0 Å². The molecule has 0 amide bonds. The maximum atomic E-state index is 5.48. The van der Waals surface area contributed by atoms with E-state index in [-0.39, 0.29) is 0 Å². The summed E-state index contributed by atoms with van der Waals surface area (Å²) in [5.41, 5.74) is 8.29. The van der Waals surface area contributed by atoms with Crippen LogP contribution >= 0.6 is 0 Å². The Morgan fingerprint density at radius 3 is 2.82 bits per heavy atom. The highest BCUT2D eigenvalue weighted by atomic mass is 16.5. The predicted molar refractivity (Wildman–Crippen MR) is 115 cm³/mol. The van der Waals surface area contributed by atoms with E-state index < -0.39 is 0 Å². The fraction of sp³-hybridized carbons (Fsp3) is 0.360. The van der Waals surface area contributed by atoms with E-state index in [9.17, 15) is 0 Å². The Morgan fingerprint density at radius 1 is 1.11 bits per heavy atom. The Kier molecular flexibility index (Phi) is 4.79. The summed E-state index contributed by atoms with van der Waals surface area (Å²) in [4.78, 5) is 3.75. The number of hydrogen-bond acceptors (Lipinski definition) is 2. The molecule has 1 aliphatic carbocycles. The van der Waals surface area contributed by atoms with E-state index >= 15 is 0 Å². The minimum Gasteiger partial charge on any atom is -0.377 e. The molecule has 3 nitrogen and oxygen atoms in total. The van der Waals surface area contributed by atoms with Crippen molar-refractivity contribution >= 4 is 16.5 Å². The van der Waals surface area contributed by atoms with Crippen LogP contribution in [0.15, 0.2) is 54.6 Å². The van der Waals surface area contributed by atoms with Crippen LogP contribution in [0.4, 0.5) is 0 Å². The molecule has 28 heavy (non-hydrogen) atoms. The maximum Gasteiger partial charge on any atom is 0.0653 e. The largest absolute Gasteiger partial charge is 0.377 e. The molecule has 0 saturated carbocycles. The number of hydrogen-bond donors (Lipinski definition) is 2. The van der Waals surface area contributed by atoms with Crippen molar-refractivity contribution < 1.29 is 4.74 Å². The zero-order valence-electron chi connectivity index (χ0n) is 16.5. The van der Waals surface area contributed by atoms with Gasteiger partial charge in [-0.3, -0.25) is 0 Å². The van der Waals surface area contributed by atoms with E-state index in [0.29, 0.717) is 12.1 Å². The van der Waals surface area contributed by atoms with E-state index in [4.69, 9.17) is 4.74 Å². The lowest BCUT2D eigenvalue weighted by Gasteiger charge is -2.27. The normalized spacial score (nSPS) is 20.6. The molecule has 0 fully saturated rings. The SMILES string of the molecule is C[C@@H](N[C@@H]1CCCc2c1[nH]c1ccc(C3=CCOCC3)cc21)c1ccccc1. The van der Waals surface area contributed by atoms with Crippen LogP contribution in [0.25, 0.3) is 16.5 Å². The molecule has 0 spiro atoms. The molecule has 144 valence electrons. The van der Waals surface area contributed by atoms with Crippen LogP contribution in [-0.2, 0) is 11.2 Å². The maximum absolute atomic E-state index is 5.48. The monoisotopic (exact) mass is 372 g/mol. The van der Waals surface area contributed by atoms with Gasteiger partial charge < -0.3 is 15.0 Å². The highest BCUT2D eigenvalue weighted by Gasteiger charge is 2.26. The third kappa shape index (κ3) is 3.30. The van der Waals surface area contributed by atoms with Crippen molar-refractivity contribution in [2.75, 3.05) is 13.2 Å². The standard InChI is InChI=1S/C25H28N2O/c1-17(18-6-3-2-4-7-18)26-24-9-5-8-21-22-16-20(19-12-14-28-15-13-19)10-11-23(22)27-25(21)24/h2-4,6-7,10-12,16-17,24,26-27H,5,8-9,13-15H2,1H3/t17-,24-/m1/s1. The predicted octanol–water partition coefficient (Wildman–Crippen LogP) is 5.70. The third-order valence-electron chi connectivity index (χ3n) is 6.29. The Hall–Kier alpha value is -2.36. The molecule has 0 radical (unpaired) electrons. The van der Waals surface area contributed by atoms with E-state index in [1.54, 1.807) is 0 Å². The van der Waals surface area contributed by atoms with Crippen molar-refractivity contribution in [2.45, 2.75) is 44.7 Å². The van der Waals surface area contributed by atoms with Crippen LogP contribution in [-0.4, -0.2) is 18.2 Å². The fourth-order valence-electron chi connectivity index (χ4n) is 4.76. The molecular formula is C25H28N2O. The molecule has 1 aromatic heterocycles. The van der Waals surface area contributed by atoms with Crippen LogP contribution in [0.2, 0.25) is 0 Å². The van der Waals surface area contributed by atoms with Gasteiger partial charge in [0.1, 0.15) is 0 Å². The second kappa shape index (κ2) is 7.57. The van der Waals surface area contributed by atoms with Gasteiger partial charge in [-0.25, -0.2) is 0 Å². The molecule has 2 aromatic carbocycles. The molecule has 0 saturated heterocycles. The summed E-state index contributed by atoms with van der Waals surface area (Å²) in [5, 5.41) is 5.27. The summed E-state index contributed by atoms with van der Waals surface area (Å²) in [6.07, 6.45) is 6.83. The van der Waals surface area contributed by atoms with Gasteiger partial charge in [0.15, 0.2) is 0 Å². The summed E-state index contributed by atoms with van der Waals surface area (Å²) in [6.45, 7) is 3.84. The van der Waals surface area contributed by atoms with E-state index in [1.165, 1.54) is 58.1 Å². The zero-order chi connectivity index (χ0) is 18.9. The molecule has 3 heteroatoms. The molecule has 2 aliphatic rings. The number of rotatable bonds is 4. The summed E-state index contributed by atoms with van der Waals surface area (Å²) in [6, 6.07) is 18.4. The minimum absolute atomic E-state index is 0.339. The number of ether oxygens (including phenoxy) is 1. The average Bonchev–Trinajstić information content (AvgIpc) is 3.14. The van der Waals surface area contributed by atoms with Crippen LogP contribution in [0.1, 0.15) is 60.7 Å². The fourth-order valence-corrected chi connectivity index (χ4v) is 4.76. The van der Waals surface area contributed by atoms with Gasteiger partial charge in [0.05, 0.1) is 13.2 Å².